The first-order valence-electron chi connectivity index (χ1n) is 4.68. The Labute approximate surface area is 73.0 Å². The lowest BCUT2D eigenvalue weighted by atomic mass is 9.88. The fourth-order valence-electron chi connectivity index (χ4n) is 2.87. The first kappa shape index (κ1) is 8.24. The SMILES string of the molecule is C[C@@H]1C[C@H](O)[C@@H]2[C@H](C1=O)C2(C)C. The standard InChI is InChI=1S/C10H16O2/c1-5-4-6(11)7-8(9(5)12)10(7,2)3/h5-8,11H,4H2,1-3H3/t5-,6+,7-,8-/m1/s1. The summed E-state index contributed by atoms with van der Waals surface area (Å²) >= 11 is 0. The van der Waals surface area contributed by atoms with Crippen LogP contribution in [0.15, 0.2) is 0 Å². The van der Waals surface area contributed by atoms with Gasteiger partial charge in [0.05, 0.1) is 6.10 Å². The number of aliphatic hydroxyl groups excluding tert-OH is 1. The van der Waals surface area contributed by atoms with Crippen molar-refractivity contribution in [3.63, 3.8) is 0 Å². The third-order valence-corrected chi connectivity index (χ3v) is 3.71. The van der Waals surface area contributed by atoms with Crippen LogP contribution in [0.3, 0.4) is 0 Å². The summed E-state index contributed by atoms with van der Waals surface area (Å²) < 4.78 is 0. The number of Topliss-reactive ketones (excluding diaryl/α,β-unsaturated/α-hetero) is 1. The number of carbonyl (C=O) groups excluding carboxylic acids is 1. The zero-order valence-corrected chi connectivity index (χ0v) is 7.87. The predicted octanol–water partition coefficient (Wildman–Crippen LogP) is 1.23. The van der Waals surface area contributed by atoms with Crippen LogP contribution < -0.4 is 0 Å². The van der Waals surface area contributed by atoms with Gasteiger partial charge in [0.25, 0.3) is 0 Å². The van der Waals surface area contributed by atoms with E-state index in [4.69, 9.17) is 0 Å². The first-order valence-corrected chi connectivity index (χ1v) is 4.68. The molecule has 2 heteroatoms. The molecule has 2 saturated carbocycles. The lowest BCUT2D eigenvalue weighted by Crippen LogP contribution is -2.28. The third-order valence-electron chi connectivity index (χ3n) is 3.71. The van der Waals surface area contributed by atoms with E-state index in [-0.39, 0.29) is 29.3 Å². The molecule has 4 atom stereocenters. The highest BCUT2D eigenvalue weighted by Gasteiger charge is 2.66. The molecular weight excluding hydrogens is 152 g/mol. The van der Waals surface area contributed by atoms with Crippen molar-refractivity contribution in [2.75, 3.05) is 0 Å². The fraction of sp³-hybridized carbons (Fsp3) is 0.900. The molecule has 0 aromatic rings. The average molecular weight is 168 g/mol. The molecule has 0 aliphatic heterocycles. The largest absolute Gasteiger partial charge is 0.393 e. The lowest BCUT2D eigenvalue weighted by Gasteiger charge is -2.20. The molecule has 0 radical (unpaired) electrons. The molecule has 2 nitrogen and oxygen atoms in total. The summed E-state index contributed by atoms with van der Waals surface area (Å²) in [6.07, 6.45) is 0.432. The van der Waals surface area contributed by atoms with Gasteiger partial charge in [-0.05, 0) is 11.8 Å². The van der Waals surface area contributed by atoms with Crippen molar-refractivity contribution in [2.45, 2.75) is 33.3 Å². The second kappa shape index (κ2) is 2.11. The monoisotopic (exact) mass is 168 g/mol. The molecule has 0 unspecified atom stereocenters. The number of aliphatic hydroxyl groups is 1. The van der Waals surface area contributed by atoms with Gasteiger partial charge in [-0.3, -0.25) is 4.79 Å². The van der Waals surface area contributed by atoms with Gasteiger partial charge in [0.15, 0.2) is 0 Å². The summed E-state index contributed by atoms with van der Waals surface area (Å²) in [5.74, 6) is 0.843. The number of rotatable bonds is 0. The summed E-state index contributed by atoms with van der Waals surface area (Å²) in [4.78, 5) is 11.6. The molecule has 2 aliphatic carbocycles. The van der Waals surface area contributed by atoms with E-state index in [0.717, 1.165) is 0 Å². The van der Waals surface area contributed by atoms with E-state index < -0.39 is 0 Å². The summed E-state index contributed by atoms with van der Waals surface area (Å²) in [5, 5.41) is 9.69. The Bertz CT molecular complexity index is 232. The Morgan fingerprint density at radius 2 is 2.08 bits per heavy atom. The maximum atomic E-state index is 11.6. The third kappa shape index (κ3) is 0.817. The number of ketones is 1. The molecular formula is C10H16O2. The number of hydrogen-bond acceptors (Lipinski definition) is 2. The van der Waals surface area contributed by atoms with Crippen LogP contribution in [0.1, 0.15) is 27.2 Å². The number of fused-ring (bicyclic) bond motifs is 1. The van der Waals surface area contributed by atoms with E-state index in [0.29, 0.717) is 12.2 Å². The molecule has 0 saturated heterocycles. The number of hydrogen-bond donors (Lipinski definition) is 1. The Kier molecular flexibility index (Phi) is 1.45. The molecule has 0 aromatic carbocycles. The first-order chi connectivity index (χ1) is 5.46. The molecule has 0 aromatic heterocycles. The summed E-state index contributed by atoms with van der Waals surface area (Å²) in [6.45, 7) is 6.10. The normalized spacial score (nSPS) is 50.2. The summed E-state index contributed by atoms with van der Waals surface area (Å²) in [7, 11) is 0. The van der Waals surface area contributed by atoms with Crippen molar-refractivity contribution >= 4 is 5.78 Å². The van der Waals surface area contributed by atoms with Crippen molar-refractivity contribution in [3.8, 4) is 0 Å². The molecule has 1 N–H and O–H groups in total. The topological polar surface area (TPSA) is 37.3 Å². The maximum absolute atomic E-state index is 11.6. The van der Waals surface area contributed by atoms with Gasteiger partial charge in [0.2, 0.25) is 0 Å². The van der Waals surface area contributed by atoms with Gasteiger partial charge in [-0.25, -0.2) is 0 Å². The zero-order valence-electron chi connectivity index (χ0n) is 7.87. The number of carbonyl (C=O) groups is 1. The van der Waals surface area contributed by atoms with E-state index in [1.165, 1.54) is 0 Å². The van der Waals surface area contributed by atoms with Crippen LogP contribution in [-0.4, -0.2) is 17.0 Å². The Balaban J connectivity index is 2.24. The van der Waals surface area contributed by atoms with Gasteiger partial charge >= 0.3 is 0 Å². The predicted molar refractivity (Wildman–Crippen MR) is 45.6 cm³/mol. The van der Waals surface area contributed by atoms with Gasteiger partial charge < -0.3 is 5.11 Å². The van der Waals surface area contributed by atoms with Crippen LogP contribution in [0, 0.1) is 23.2 Å². The summed E-state index contributed by atoms with van der Waals surface area (Å²) in [5.41, 5.74) is 0.0707. The molecule has 2 aliphatic rings. The van der Waals surface area contributed by atoms with Crippen LogP contribution in [0.25, 0.3) is 0 Å². The minimum absolute atomic E-state index is 0.0707. The maximum Gasteiger partial charge on any atom is 0.139 e. The van der Waals surface area contributed by atoms with Crippen molar-refractivity contribution < 1.29 is 9.90 Å². The molecule has 2 rings (SSSR count). The van der Waals surface area contributed by atoms with Gasteiger partial charge in [-0.15, -0.1) is 0 Å². The van der Waals surface area contributed by atoms with Gasteiger partial charge in [0, 0.05) is 17.8 Å². The Morgan fingerprint density at radius 3 is 2.67 bits per heavy atom. The molecule has 68 valence electrons. The molecule has 0 spiro atoms. The minimum atomic E-state index is -0.238. The minimum Gasteiger partial charge on any atom is -0.393 e. The molecule has 12 heavy (non-hydrogen) atoms. The molecule has 0 bridgehead atoms. The summed E-state index contributed by atoms with van der Waals surface area (Å²) in [6, 6.07) is 0. The second-order valence-electron chi connectivity index (χ2n) is 4.93. The van der Waals surface area contributed by atoms with Gasteiger partial charge in [-0.1, -0.05) is 20.8 Å². The van der Waals surface area contributed by atoms with Crippen LogP contribution in [-0.2, 0) is 4.79 Å². The van der Waals surface area contributed by atoms with Crippen molar-refractivity contribution in [3.05, 3.63) is 0 Å². The fourth-order valence-corrected chi connectivity index (χ4v) is 2.87. The molecule has 0 amide bonds. The van der Waals surface area contributed by atoms with Crippen molar-refractivity contribution in [1.29, 1.82) is 0 Å². The molecule has 2 fully saturated rings. The van der Waals surface area contributed by atoms with Crippen LogP contribution in [0.5, 0.6) is 0 Å². The average Bonchev–Trinajstić information content (AvgIpc) is 2.50. The van der Waals surface area contributed by atoms with Crippen molar-refractivity contribution in [2.24, 2.45) is 23.2 Å². The highest BCUT2D eigenvalue weighted by Crippen LogP contribution is 2.64. The van der Waals surface area contributed by atoms with E-state index >= 15 is 0 Å². The molecule has 0 heterocycles. The second-order valence-corrected chi connectivity index (χ2v) is 4.93. The van der Waals surface area contributed by atoms with E-state index in [1.54, 1.807) is 0 Å². The van der Waals surface area contributed by atoms with Crippen LogP contribution in [0.2, 0.25) is 0 Å². The Morgan fingerprint density at radius 1 is 1.50 bits per heavy atom. The van der Waals surface area contributed by atoms with Crippen LogP contribution in [0.4, 0.5) is 0 Å². The smallest absolute Gasteiger partial charge is 0.139 e. The highest BCUT2D eigenvalue weighted by atomic mass is 16.3. The van der Waals surface area contributed by atoms with E-state index in [1.807, 2.05) is 6.92 Å². The highest BCUT2D eigenvalue weighted by molar-refractivity contribution is 5.88. The van der Waals surface area contributed by atoms with Crippen LogP contribution >= 0.6 is 0 Å². The quantitative estimate of drug-likeness (QED) is 0.590. The zero-order chi connectivity index (χ0) is 9.09. The Hall–Kier alpha value is -0.370. The van der Waals surface area contributed by atoms with E-state index in [9.17, 15) is 9.90 Å². The van der Waals surface area contributed by atoms with E-state index in [2.05, 4.69) is 13.8 Å². The lowest BCUT2D eigenvalue weighted by molar-refractivity contribution is -0.127. The van der Waals surface area contributed by atoms with Gasteiger partial charge in [-0.2, -0.15) is 0 Å². The van der Waals surface area contributed by atoms with Crippen molar-refractivity contribution in [1.82, 2.24) is 0 Å². The van der Waals surface area contributed by atoms with Gasteiger partial charge in [0.1, 0.15) is 5.78 Å².